The number of sulfone groups is 1. The molecule has 5 nitrogen and oxygen atoms in total. The number of hydrogen-bond acceptors (Lipinski definition) is 4. The van der Waals surface area contributed by atoms with E-state index in [1.807, 2.05) is 20.8 Å². The van der Waals surface area contributed by atoms with Crippen LogP contribution in [0.15, 0.2) is 0 Å². The fourth-order valence-corrected chi connectivity index (χ4v) is 3.86. The molecule has 0 radical (unpaired) electrons. The molecule has 0 saturated carbocycles. The monoisotopic (exact) mass is 304 g/mol. The van der Waals surface area contributed by atoms with Gasteiger partial charge in [0.25, 0.3) is 0 Å². The smallest absolute Gasteiger partial charge is 0.244 e. The third-order valence-corrected chi connectivity index (χ3v) is 5.04. The van der Waals surface area contributed by atoms with Gasteiger partial charge in [-0.1, -0.05) is 20.8 Å². The first-order valence-corrected chi connectivity index (χ1v) is 9.34. The third kappa shape index (κ3) is 3.95. The number of carbonyl (C=O) groups excluding carboxylic acids is 1. The summed E-state index contributed by atoms with van der Waals surface area (Å²) in [6, 6.07) is -0.304. The minimum atomic E-state index is -3.10. The highest BCUT2D eigenvalue weighted by atomic mass is 32.2. The maximum absolute atomic E-state index is 12.6. The van der Waals surface area contributed by atoms with Gasteiger partial charge in [-0.25, -0.2) is 8.42 Å². The van der Waals surface area contributed by atoms with Crippen molar-refractivity contribution in [2.75, 3.05) is 12.0 Å². The maximum atomic E-state index is 12.6. The van der Waals surface area contributed by atoms with Crippen LogP contribution in [0.25, 0.3) is 0 Å². The SMILES string of the molecule is CCC1(C)NC(CC(C)C)N(C(C)CS(C)(=O)=O)C1=O. The fraction of sp³-hybridized carbons (Fsp3) is 0.929. The van der Waals surface area contributed by atoms with Crippen molar-refractivity contribution in [3.8, 4) is 0 Å². The Morgan fingerprint density at radius 3 is 2.30 bits per heavy atom. The van der Waals surface area contributed by atoms with Gasteiger partial charge in [0.05, 0.1) is 17.5 Å². The van der Waals surface area contributed by atoms with Crippen LogP contribution < -0.4 is 5.32 Å². The first-order valence-electron chi connectivity index (χ1n) is 7.28. The molecule has 0 aliphatic carbocycles. The summed E-state index contributed by atoms with van der Waals surface area (Å²) in [6.45, 7) is 9.90. The minimum absolute atomic E-state index is 0.00874. The van der Waals surface area contributed by atoms with E-state index in [1.165, 1.54) is 6.26 Å². The first kappa shape index (κ1) is 17.4. The number of carbonyl (C=O) groups is 1. The molecule has 1 heterocycles. The summed E-state index contributed by atoms with van der Waals surface area (Å²) >= 11 is 0. The summed E-state index contributed by atoms with van der Waals surface area (Å²) in [4.78, 5) is 14.4. The molecule has 1 rings (SSSR count). The highest BCUT2D eigenvalue weighted by molar-refractivity contribution is 7.90. The van der Waals surface area contributed by atoms with Crippen LogP contribution in [0.5, 0.6) is 0 Å². The van der Waals surface area contributed by atoms with Crippen molar-refractivity contribution in [3.05, 3.63) is 0 Å². The second-order valence-electron chi connectivity index (χ2n) is 6.63. The zero-order valence-corrected chi connectivity index (χ0v) is 14.3. The Bertz CT molecular complexity index is 461. The quantitative estimate of drug-likeness (QED) is 0.805. The van der Waals surface area contributed by atoms with Crippen molar-refractivity contribution in [2.24, 2.45) is 5.92 Å². The van der Waals surface area contributed by atoms with Crippen LogP contribution in [0.1, 0.15) is 47.5 Å². The molecule has 1 aliphatic heterocycles. The molecule has 1 saturated heterocycles. The second-order valence-corrected chi connectivity index (χ2v) is 8.81. The number of nitrogens with zero attached hydrogens (tertiary/aromatic N) is 1. The van der Waals surface area contributed by atoms with E-state index in [-0.39, 0.29) is 23.9 Å². The van der Waals surface area contributed by atoms with E-state index in [0.717, 1.165) is 6.42 Å². The lowest BCUT2D eigenvalue weighted by atomic mass is 9.99. The van der Waals surface area contributed by atoms with Crippen LogP contribution in [-0.2, 0) is 14.6 Å². The molecule has 3 unspecified atom stereocenters. The van der Waals surface area contributed by atoms with Crippen molar-refractivity contribution >= 4 is 15.7 Å². The van der Waals surface area contributed by atoms with E-state index in [2.05, 4.69) is 19.2 Å². The zero-order chi connectivity index (χ0) is 15.7. The topological polar surface area (TPSA) is 66.5 Å². The maximum Gasteiger partial charge on any atom is 0.244 e. The largest absolute Gasteiger partial charge is 0.322 e. The Labute approximate surface area is 123 Å². The fourth-order valence-electron chi connectivity index (χ4n) is 2.82. The van der Waals surface area contributed by atoms with Crippen molar-refractivity contribution in [1.82, 2.24) is 10.2 Å². The molecule has 6 heteroatoms. The highest BCUT2D eigenvalue weighted by Gasteiger charge is 2.48. The summed E-state index contributed by atoms with van der Waals surface area (Å²) in [7, 11) is -3.10. The Kier molecular flexibility index (Phi) is 5.24. The summed E-state index contributed by atoms with van der Waals surface area (Å²) < 4.78 is 23.0. The summed E-state index contributed by atoms with van der Waals surface area (Å²) in [6.07, 6.45) is 2.66. The van der Waals surface area contributed by atoms with Gasteiger partial charge in [0.2, 0.25) is 5.91 Å². The summed E-state index contributed by atoms with van der Waals surface area (Å²) in [5.74, 6) is 0.462. The molecule has 0 aromatic rings. The average Bonchev–Trinajstić information content (AvgIpc) is 2.48. The van der Waals surface area contributed by atoms with E-state index < -0.39 is 15.4 Å². The van der Waals surface area contributed by atoms with Gasteiger partial charge >= 0.3 is 0 Å². The molecule has 0 aromatic heterocycles. The van der Waals surface area contributed by atoms with Gasteiger partial charge in [0, 0.05) is 12.3 Å². The molecule has 1 amide bonds. The lowest BCUT2D eigenvalue weighted by Gasteiger charge is -2.31. The minimum Gasteiger partial charge on any atom is -0.322 e. The Morgan fingerprint density at radius 1 is 1.35 bits per heavy atom. The Hall–Kier alpha value is -0.620. The van der Waals surface area contributed by atoms with Crippen LogP contribution in [0.2, 0.25) is 0 Å². The lowest BCUT2D eigenvalue weighted by Crippen LogP contribution is -2.47. The van der Waals surface area contributed by atoms with E-state index in [1.54, 1.807) is 4.90 Å². The predicted molar refractivity (Wildman–Crippen MR) is 81.1 cm³/mol. The molecule has 0 aromatic carbocycles. The Morgan fingerprint density at radius 2 is 1.90 bits per heavy atom. The standard InChI is InChI=1S/C14H28N2O3S/c1-7-14(5)13(17)16(11(4)9-20(6,18)19)12(15-14)8-10(2)3/h10-12,15H,7-9H2,1-6H3. The molecule has 1 fully saturated rings. The van der Waals surface area contributed by atoms with E-state index in [9.17, 15) is 13.2 Å². The highest BCUT2D eigenvalue weighted by Crippen LogP contribution is 2.28. The van der Waals surface area contributed by atoms with Gasteiger partial charge < -0.3 is 4.90 Å². The molecule has 3 atom stereocenters. The molecule has 20 heavy (non-hydrogen) atoms. The molecule has 1 aliphatic rings. The average molecular weight is 304 g/mol. The molecule has 1 N–H and O–H groups in total. The van der Waals surface area contributed by atoms with E-state index >= 15 is 0 Å². The first-order chi connectivity index (χ1) is 9.00. The van der Waals surface area contributed by atoms with Gasteiger partial charge in [0.15, 0.2) is 0 Å². The van der Waals surface area contributed by atoms with Crippen LogP contribution in [0.4, 0.5) is 0 Å². The molecular weight excluding hydrogens is 276 g/mol. The van der Waals surface area contributed by atoms with Gasteiger partial charge in [-0.2, -0.15) is 0 Å². The molecule has 0 spiro atoms. The van der Waals surface area contributed by atoms with Gasteiger partial charge in [-0.3, -0.25) is 10.1 Å². The zero-order valence-electron chi connectivity index (χ0n) is 13.4. The normalized spacial score (nSPS) is 29.2. The van der Waals surface area contributed by atoms with E-state index in [4.69, 9.17) is 0 Å². The van der Waals surface area contributed by atoms with Crippen molar-refractivity contribution in [2.45, 2.75) is 65.2 Å². The van der Waals surface area contributed by atoms with Crippen LogP contribution in [0, 0.1) is 5.92 Å². The third-order valence-electron chi connectivity index (χ3n) is 3.95. The van der Waals surface area contributed by atoms with Gasteiger partial charge in [-0.15, -0.1) is 0 Å². The van der Waals surface area contributed by atoms with Crippen LogP contribution >= 0.6 is 0 Å². The number of rotatable bonds is 6. The van der Waals surface area contributed by atoms with Crippen molar-refractivity contribution in [1.29, 1.82) is 0 Å². The van der Waals surface area contributed by atoms with Crippen LogP contribution in [0.3, 0.4) is 0 Å². The number of hydrogen-bond donors (Lipinski definition) is 1. The van der Waals surface area contributed by atoms with Crippen LogP contribution in [-0.4, -0.2) is 49.0 Å². The predicted octanol–water partition coefficient (Wildman–Crippen LogP) is 1.39. The summed E-state index contributed by atoms with van der Waals surface area (Å²) in [5.41, 5.74) is -0.578. The lowest BCUT2D eigenvalue weighted by molar-refractivity contribution is -0.134. The van der Waals surface area contributed by atoms with Gasteiger partial charge in [-0.05, 0) is 32.6 Å². The number of nitrogens with one attached hydrogen (secondary N) is 1. The van der Waals surface area contributed by atoms with E-state index in [0.29, 0.717) is 12.3 Å². The molecule has 118 valence electrons. The molecule has 0 bridgehead atoms. The van der Waals surface area contributed by atoms with Gasteiger partial charge in [0.1, 0.15) is 9.84 Å². The van der Waals surface area contributed by atoms with Crippen molar-refractivity contribution in [3.63, 3.8) is 0 Å². The van der Waals surface area contributed by atoms with Crippen molar-refractivity contribution < 1.29 is 13.2 Å². The summed E-state index contributed by atoms with van der Waals surface area (Å²) in [5, 5.41) is 3.40. The Balaban J connectivity index is 3.01. The number of amides is 1. The molecular formula is C14H28N2O3S. The second kappa shape index (κ2) is 6.02.